The van der Waals surface area contributed by atoms with Crippen LogP contribution in [-0.2, 0) is 37.1 Å². The molecule has 0 radical (unpaired) electrons. The number of ether oxygens (including phenoxy) is 2. The number of carboxylic acids is 1. The second-order valence-corrected chi connectivity index (χ2v) is 6.77. The monoisotopic (exact) mass is 441 g/mol. The molecule has 0 aliphatic carbocycles. The summed E-state index contributed by atoms with van der Waals surface area (Å²) in [6.07, 6.45) is -3.50. The first-order chi connectivity index (χ1) is 15.3. The van der Waals surface area contributed by atoms with E-state index in [1.165, 1.54) is 0 Å². The van der Waals surface area contributed by atoms with Crippen LogP contribution in [-0.4, -0.2) is 45.6 Å². The maximum atomic E-state index is 12.8. The van der Waals surface area contributed by atoms with Crippen LogP contribution < -0.4 is 10.7 Å². The second kappa shape index (κ2) is 9.60. The third kappa shape index (κ3) is 4.83. The van der Waals surface area contributed by atoms with Crippen LogP contribution in [0.15, 0.2) is 60.7 Å². The molecular formula is C21H19N3O8. The average Bonchev–Trinajstić information content (AvgIpc) is 3.10. The van der Waals surface area contributed by atoms with E-state index in [0.29, 0.717) is 11.1 Å². The van der Waals surface area contributed by atoms with Crippen molar-refractivity contribution in [2.75, 3.05) is 0 Å². The SMILES string of the molecule is O=C1CC(C(=O)O)(N(NC(=O)OCc2ccccc2)C(=O)OCc2ccccc2)C(=O)N1. The highest BCUT2D eigenvalue weighted by Gasteiger charge is 2.61. The van der Waals surface area contributed by atoms with Crippen molar-refractivity contribution in [1.82, 2.24) is 15.8 Å². The van der Waals surface area contributed by atoms with E-state index >= 15 is 0 Å². The fourth-order valence-corrected chi connectivity index (χ4v) is 2.96. The van der Waals surface area contributed by atoms with Crippen molar-refractivity contribution in [3.8, 4) is 0 Å². The molecule has 3 N–H and O–H groups in total. The molecular weight excluding hydrogens is 422 g/mol. The lowest BCUT2D eigenvalue weighted by Crippen LogP contribution is -2.67. The summed E-state index contributed by atoms with van der Waals surface area (Å²) in [5.41, 5.74) is 0.403. The zero-order chi connectivity index (χ0) is 23.1. The summed E-state index contributed by atoms with van der Waals surface area (Å²) in [5.74, 6) is -4.06. The molecule has 2 aromatic carbocycles. The topological polar surface area (TPSA) is 151 Å². The standard InChI is InChI=1S/C21H19N3O8/c25-16-11-21(18(27)28,17(26)22-16)24(20(30)32-13-15-9-5-2-6-10-15)23-19(29)31-12-14-7-3-1-4-8-14/h1-10H,11-13H2,(H,23,29)(H,27,28)(H,22,25,26). The second-order valence-electron chi connectivity index (χ2n) is 6.77. The molecule has 0 saturated carbocycles. The number of aliphatic carboxylic acids is 1. The molecule has 11 nitrogen and oxygen atoms in total. The molecule has 1 unspecified atom stereocenters. The van der Waals surface area contributed by atoms with E-state index in [0.717, 1.165) is 0 Å². The van der Waals surface area contributed by atoms with E-state index in [-0.39, 0.29) is 18.2 Å². The van der Waals surface area contributed by atoms with E-state index in [9.17, 15) is 29.1 Å². The molecule has 1 aliphatic heterocycles. The third-order valence-corrected chi connectivity index (χ3v) is 4.58. The Kier molecular flexibility index (Phi) is 6.68. The first-order valence-corrected chi connectivity index (χ1v) is 9.39. The summed E-state index contributed by atoms with van der Waals surface area (Å²) in [4.78, 5) is 61.2. The molecule has 1 heterocycles. The van der Waals surface area contributed by atoms with Crippen LogP contribution >= 0.6 is 0 Å². The van der Waals surface area contributed by atoms with Gasteiger partial charge in [-0.2, -0.15) is 5.01 Å². The molecule has 0 aromatic heterocycles. The van der Waals surface area contributed by atoms with Gasteiger partial charge in [-0.3, -0.25) is 14.9 Å². The summed E-state index contributed by atoms with van der Waals surface area (Å²) >= 11 is 0. The van der Waals surface area contributed by atoms with Crippen molar-refractivity contribution in [2.45, 2.75) is 25.2 Å². The number of nitrogens with one attached hydrogen (secondary N) is 2. The van der Waals surface area contributed by atoms with Crippen LogP contribution in [0, 0.1) is 0 Å². The number of nitrogens with zero attached hydrogens (tertiary/aromatic N) is 1. The van der Waals surface area contributed by atoms with Crippen molar-refractivity contribution in [2.24, 2.45) is 0 Å². The average molecular weight is 441 g/mol. The van der Waals surface area contributed by atoms with E-state index in [2.05, 4.69) is 0 Å². The molecule has 2 aromatic rings. The largest absolute Gasteiger partial charge is 0.479 e. The zero-order valence-corrected chi connectivity index (χ0v) is 16.6. The Labute approximate surface area is 181 Å². The van der Waals surface area contributed by atoms with Gasteiger partial charge >= 0.3 is 18.2 Å². The van der Waals surface area contributed by atoms with Gasteiger partial charge in [0, 0.05) is 0 Å². The van der Waals surface area contributed by atoms with Crippen molar-refractivity contribution >= 4 is 30.0 Å². The lowest BCUT2D eigenvalue weighted by atomic mass is 9.97. The maximum absolute atomic E-state index is 12.8. The molecule has 1 atom stereocenters. The van der Waals surface area contributed by atoms with Gasteiger partial charge in [0.2, 0.25) is 5.91 Å². The number of imide groups is 1. The number of carboxylic acid groups (broad SMARTS) is 1. The minimum absolute atomic E-state index is 0.172. The number of hydrazine groups is 1. The van der Waals surface area contributed by atoms with Gasteiger partial charge in [-0.25, -0.2) is 19.8 Å². The minimum Gasteiger partial charge on any atom is -0.479 e. The Morgan fingerprint density at radius 1 is 0.938 bits per heavy atom. The van der Waals surface area contributed by atoms with Gasteiger partial charge in [0.15, 0.2) is 0 Å². The van der Waals surface area contributed by atoms with Gasteiger partial charge in [-0.1, -0.05) is 60.7 Å². The molecule has 4 amide bonds. The predicted octanol–water partition coefficient (Wildman–Crippen LogP) is 1.34. The summed E-state index contributed by atoms with van der Waals surface area (Å²) < 4.78 is 10.1. The highest BCUT2D eigenvalue weighted by molar-refractivity contribution is 6.20. The fraction of sp³-hybridized carbons (Fsp3) is 0.190. The predicted molar refractivity (Wildman–Crippen MR) is 106 cm³/mol. The van der Waals surface area contributed by atoms with Crippen molar-refractivity contribution in [3.63, 3.8) is 0 Å². The van der Waals surface area contributed by atoms with Crippen LogP contribution in [0.3, 0.4) is 0 Å². The number of amides is 4. The Hall–Kier alpha value is -4.41. The Morgan fingerprint density at radius 3 is 1.94 bits per heavy atom. The number of carbonyl (C=O) groups is 5. The van der Waals surface area contributed by atoms with Gasteiger partial charge in [0.1, 0.15) is 13.2 Å². The molecule has 1 fully saturated rings. The molecule has 1 saturated heterocycles. The van der Waals surface area contributed by atoms with Crippen molar-refractivity contribution < 1.29 is 38.6 Å². The van der Waals surface area contributed by atoms with E-state index < -0.39 is 41.9 Å². The number of rotatable bonds is 6. The Balaban J connectivity index is 1.80. The van der Waals surface area contributed by atoms with Crippen LogP contribution in [0.25, 0.3) is 0 Å². The van der Waals surface area contributed by atoms with E-state index in [1.54, 1.807) is 60.7 Å². The number of hydrogen-bond acceptors (Lipinski definition) is 7. The molecule has 11 heteroatoms. The smallest absolute Gasteiger partial charge is 0.430 e. The van der Waals surface area contributed by atoms with Gasteiger partial charge in [0.25, 0.3) is 11.4 Å². The number of hydrogen-bond donors (Lipinski definition) is 3. The molecule has 0 bridgehead atoms. The first kappa shape index (κ1) is 22.3. The van der Waals surface area contributed by atoms with Gasteiger partial charge in [-0.05, 0) is 11.1 Å². The van der Waals surface area contributed by atoms with E-state index in [1.807, 2.05) is 10.7 Å². The molecule has 1 aliphatic rings. The third-order valence-electron chi connectivity index (χ3n) is 4.58. The Bertz CT molecular complexity index is 1030. The van der Waals surface area contributed by atoms with Crippen molar-refractivity contribution in [1.29, 1.82) is 0 Å². The van der Waals surface area contributed by atoms with Crippen LogP contribution in [0.5, 0.6) is 0 Å². The summed E-state index contributed by atoms with van der Waals surface area (Å²) in [6.45, 7) is -0.465. The quantitative estimate of drug-likeness (QED) is 0.345. The van der Waals surface area contributed by atoms with Crippen LogP contribution in [0.2, 0.25) is 0 Å². The lowest BCUT2D eigenvalue weighted by Gasteiger charge is -2.33. The molecule has 166 valence electrons. The summed E-state index contributed by atoms with van der Waals surface area (Å²) in [7, 11) is 0. The molecule has 32 heavy (non-hydrogen) atoms. The lowest BCUT2D eigenvalue weighted by molar-refractivity contribution is -0.157. The fourth-order valence-electron chi connectivity index (χ4n) is 2.96. The molecule has 0 spiro atoms. The molecule has 3 rings (SSSR count). The summed E-state index contributed by atoms with van der Waals surface area (Å²) in [6, 6.07) is 17.0. The number of benzene rings is 2. The number of carbonyl (C=O) groups excluding carboxylic acids is 4. The van der Waals surface area contributed by atoms with E-state index in [4.69, 9.17) is 9.47 Å². The van der Waals surface area contributed by atoms with Gasteiger partial charge < -0.3 is 14.6 Å². The maximum Gasteiger partial charge on any atom is 0.430 e. The zero-order valence-electron chi connectivity index (χ0n) is 16.6. The van der Waals surface area contributed by atoms with Gasteiger partial charge in [-0.15, -0.1) is 0 Å². The Morgan fingerprint density at radius 2 is 1.47 bits per heavy atom. The first-order valence-electron chi connectivity index (χ1n) is 9.39. The van der Waals surface area contributed by atoms with Crippen LogP contribution in [0.4, 0.5) is 9.59 Å². The normalized spacial score (nSPS) is 17.2. The minimum atomic E-state index is -2.74. The van der Waals surface area contributed by atoms with Crippen molar-refractivity contribution in [3.05, 3.63) is 71.8 Å². The highest BCUT2D eigenvalue weighted by atomic mass is 16.6. The highest BCUT2D eigenvalue weighted by Crippen LogP contribution is 2.26. The van der Waals surface area contributed by atoms with Gasteiger partial charge in [0.05, 0.1) is 6.42 Å². The van der Waals surface area contributed by atoms with Crippen LogP contribution in [0.1, 0.15) is 17.5 Å². The summed E-state index contributed by atoms with van der Waals surface area (Å²) in [5, 5.41) is 11.7.